The molecule has 0 radical (unpaired) electrons. The standard InChI is InChI=1S/C17H22N2O/c1-4-13(3)16(14-9-7-6-8-10-14)17(20)15-11-18-19(5-2)12-15/h6-13,16H,4-5H2,1-3H3. The van der Waals surface area contributed by atoms with Crippen LogP contribution in [-0.2, 0) is 6.54 Å². The van der Waals surface area contributed by atoms with Crippen molar-refractivity contribution < 1.29 is 4.79 Å². The van der Waals surface area contributed by atoms with E-state index in [4.69, 9.17) is 0 Å². The first-order chi connectivity index (χ1) is 9.67. The van der Waals surface area contributed by atoms with Crippen LogP contribution in [0.25, 0.3) is 0 Å². The summed E-state index contributed by atoms with van der Waals surface area (Å²) in [6, 6.07) is 10.1. The Labute approximate surface area is 120 Å². The highest BCUT2D eigenvalue weighted by Crippen LogP contribution is 2.30. The number of nitrogens with zero attached hydrogens (tertiary/aromatic N) is 2. The first-order valence-corrected chi connectivity index (χ1v) is 7.29. The molecule has 1 aromatic carbocycles. The molecule has 0 spiro atoms. The second-order valence-electron chi connectivity index (χ2n) is 5.22. The molecule has 106 valence electrons. The highest BCUT2D eigenvalue weighted by atomic mass is 16.1. The van der Waals surface area contributed by atoms with Gasteiger partial charge in [-0.2, -0.15) is 5.10 Å². The van der Waals surface area contributed by atoms with E-state index in [0.29, 0.717) is 11.5 Å². The fourth-order valence-corrected chi connectivity index (χ4v) is 2.48. The number of carbonyl (C=O) groups excluding carboxylic acids is 1. The minimum Gasteiger partial charge on any atom is -0.293 e. The van der Waals surface area contributed by atoms with Crippen LogP contribution in [0.3, 0.4) is 0 Å². The van der Waals surface area contributed by atoms with Crippen LogP contribution in [0.15, 0.2) is 42.7 Å². The zero-order chi connectivity index (χ0) is 14.5. The fraction of sp³-hybridized carbons (Fsp3) is 0.412. The maximum absolute atomic E-state index is 12.8. The molecule has 3 nitrogen and oxygen atoms in total. The van der Waals surface area contributed by atoms with Gasteiger partial charge in [0.1, 0.15) is 0 Å². The van der Waals surface area contributed by atoms with E-state index in [2.05, 4.69) is 18.9 Å². The van der Waals surface area contributed by atoms with Gasteiger partial charge in [0.2, 0.25) is 0 Å². The van der Waals surface area contributed by atoms with Gasteiger partial charge in [0, 0.05) is 12.7 Å². The predicted molar refractivity (Wildman–Crippen MR) is 80.9 cm³/mol. The van der Waals surface area contributed by atoms with Gasteiger partial charge in [-0.1, -0.05) is 50.6 Å². The zero-order valence-electron chi connectivity index (χ0n) is 12.4. The molecule has 2 rings (SSSR count). The second kappa shape index (κ2) is 6.51. The molecule has 2 atom stereocenters. The number of ketones is 1. The molecule has 3 heteroatoms. The quantitative estimate of drug-likeness (QED) is 0.746. The number of carbonyl (C=O) groups is 1. The maximum atomic E-state index is 12.8. The highest BCUT2D eigenvalue weighted by Gasteiger charge is 2.27. The van der Waals surface area contributed by atoms with E-state index in [0.717, 1.165) is 18.5 Å². The lowest BCUT2D eigenvalue weighted by Gasteiger charge is -2.21. The molecule has 0 aliphatic carbocycles. The molecule has 2 unspecified atom stereocenters. The van der Waals surface area contributed by atoms with Gasteiger partial charge in [0.15, 0.2) is 5.78 Å². The largest absolute Gasteiger partial charge is 0.293 e. The van der Waals surface area contributed by atoms with Crippen molar-refractivity contribution in [1.82, 2.24) is 9.78 Å². The van der Waals surface area contributed by atoms with Gasteiger partial charge in [0.25, 0.3) is 0 Å². The van der Waals surface area contributed by atoms with Crippen molar-refractivity contribution in [3.8, 4) is 0 Å². The third-order valence-electron chi connectivity index (χ3n) is 3.90. The van der Waals surface area contributed by atoms with Gasteiger partial charge >= 0.3 is 0 Å². The van der Waals surface area contributed by atoms with E-state index in [1.807, 2.05) is 43.5 Å². The van der Waals surface area contributed by atoms with Crippen LogP contribution >= 0.6 is 0 Å². The number of Topliss-reactive ketones (excluding diaryl/α,β-unsaturated/α-hetero) is 1. The van der Waals surface area contributed by atoms with E-state index in [-0.39, 0.29) is 11.7 Å². The van der Waals surface area contributed by atoms with E-state index < -0.39 is 0 Å². The summed E-state index contributed by atoms with van der Waals surface area (Å²) in [6.07, 6.45) is 4.51. The van der Waals surface area contributed by atoms with Gasteiger partial charge in [-0.3, -0.25) is 9.48 Å². The molecule has 0 aliphatic rings. The third kappa shape index (κ3) is 2.98. The van der Waals surface area contributed by atoms with Crippen molar-refractivity contribution >= 4 is 5.78 Å². The first-order valence-electron chi connectivity index (χ1n) is 7.29. The average molecular weight is 270 g/mol. The van der Waals surface area contributed by atoms with Crippen LogP contribution in [0, 0.1) is 5.92 Å². The van der Waals surface area contributed by atoms with Crippen LogP contribution in [0.1, 0.15) is 49.0 Å². The first kappa shape index (κ1) is 14.5. The number of hydrogen-bond donors (Lipinski definition) is 0. The number of aryl methyl sites for hydroxylation is 1. The lowest BCUT2D eigenvalue weighted by Crippen LogP contribution is -2.19. The minimum absolute atomic E-state index is 0.0873. The SMILES string of the molecule is CCC(C)C(C(=O)c1cnn(CC)c1)c1ccccc1. The molecule has 2 aromatic rings. The summed E-state index contributed by atoms with van der Waals surface area (Å²) in [5.41, 5.74) is 1.80. The van der Waals surface area contributed by atoms with Crippen molar-refractivity contribution in [1.29, 1.82) is 0 Å². The van der Waals surface area contributed by atoms with Crippen molar-refractivity contribution in [3.05, 3.63) is 53.9 Å². The smallest absolute Gasteiger partial charge is 0.173 e. The Kier molecular flexibility index (Phi) is 4.72. The molecule has 0 amide bonds. The van der Waals surface area contributed by atoms with Gasteiger partial charge in [0.05, 0.1) is 17.7 Å². The summed E-state index contributed by atoms with van der Waals surface area (Å²) in [4.78, 5) is 12.8. The molecule has 0 saturated carbocycles. The van der Waals surface area contributed by atoms with Crippen LogP contribution in [-0.4, -0.2) is 15.6 Å². The summed E-state index contributed by atoms with van der Waals surface area (Å²) in [7, 11) is 0. The summed E-state index contributed by atoms with van der Waals surface area (Å²) in [5, 5.41) is 4.21. The Balaban J connectivity index is 2.34. The molecular weight excluding hydrogens is 248 g/mol. The Morgan fingerprint density at radius 3 is 2.50 bits per heavy atom. The van der Waals surface area contributed by atoms with Gasteiger partial charge in [-0.05, 0) is 18.4 Å². The summed E-state index contributed by atoms with van der Waals surface area (Å²) >= 11 is 0. The number of benzene rings is 1. The monoisotopic (exact) mass is 270 g/mol. The average Bonchev–Trinajstić information content (AvgIpc) is 2.97. The molecule has 0 fully saturated rings. The lowest BCUT2D eigenvalue weighted by atomic mass is 9.81. The van der Waals surface area contributed by atoms with E-state index in [9.17, 15) is 4.79 Å². The summed E-state index contributed by atoms with van der Waals surface area (Å²) in [6.45, 7) is 7.07. The van der Waals surface area contributed by atoms with Crippen molar-refractivity contribution in [3.63, 3.8) is 0 Å². The zero-order valence-corrected chi connectivity index (χ0v) is 12.4. The Morgan fingerprint density at radius 1 is 1.25 bits per heavy atom. The van der Waals surface area contributed by atoms with Crippen molar-refractivity contribution in [2.45, 2.75) is 39.7 Å². The van der Waals surface area contributed by atoms with Crippen LogP contribution in [0.5, 0.6) is 0 Å². The Bertz CT molecular complexity index is 559. The lowest BCUT2D eigenvalue weighted by molar-refractivity contribution is 0.0932. The Morgan fingerprint density at radius 2 is 1.95 bits per heavy atom. The highest BCUT2D eigenvalue weighted by molar-refractivity contribution is 6.00. The number of aromatic nitrogens is 2. The molecule has 1 heterocycles. The van der Waals surface area contributed by atoms with E-state index >= 15 is 0 Å². The molecular formula is C17H22N2O. The number of hydrogen-bond acceptors (Lipinski definition) is 2. The van der Waals surface area contributed by atoms with Gasteiger partial charge in [-0.15, -0.1) is 0 Å². The van der Waals surface area contributed by atoms with Gasteiger partial charge in [-0.25, -0.2) is 0 Å². The normalized spacial score (nSPS) is 13.9. The van der Waals surface area contributed by atoms with E-state index in [1.54, 1.807) is 10.9 Å². The van der Waals surface area contributed by atoms with Crippen molar-refractivity contribution in [2.24, 2.45) is 5.92 Å². The van der Waals surface area contributed by atoms with E-state index in [1.165, 1.54) is 0 Å². The molecule has 0 bridgehead atoms. The topological polar surface area (TPSA) is 34.9 Å². The molecule has 0 saturated heterocycles. The predicted octanol–water partition coefficient (Wildman–Crippen LogP) is 3.92. The molecule has 1 aromatic heterocycles. The van der Waals surface area contributed by atoms with Gasteiger partial charge < -0.3 is 0 Å². The molecule has 20 heavy (non-hydrogen) atoms. The fourth-order valence-electron chi connectivity index (χ4n) is 2.48. The third-order valence-corrected chi connectivity index (χ3v) is 3.90. The molecule has 0 N–H and O–H groups in total. The van der Waals surface area contributed by atoms with Crippen molar-refractivity contribution in [2.75, 3.05) is 0 Å². The number of rotatable bonds is 6. The van der Waals surface area contributed by atoms with Crippen LogP contribution < -0.4 is 0 Å². The minimum atomic E-state index is -0.0873. The second-order valence-corrected chi connectivity index (χ2v) is 5.22. The Hall–Kier alpha value is -1.90. The maximum Gasteiger partial charge on any atom is 0.173 e. The summed E-state index contributed by atoms with van der Waals surface area (Å²) in [5.74, 6) is 0.399. The van der Waals surface area contributed by atoms with Crippen LogP contribution in [0.4, 0.5) is 0 Å². The molecule has 0 aliphatic heterocycles. The summed E-state index contributed by atoms with van der Waals surface area (Å²) < 4.78 is 1.80. The van der Waals surface area contributed by atoms with Crippen LogP contribution in [0.2, 0.25) is 0 Å².